The number of halogens is 1. The van der Waals surface area contributed by atoms with Crippen molar-refractivity contribution in [1.29, 1.82) is 0 Å². The molecular formula is C25H28FN5O. The number of rotatable bonds is 7. The van der Waals surface area contributed by atoms with E-state index < -0.39 is 0 Å². The zero-order chi connectivity index (χ0) is 22.3. The molecule has 1 aliphatic heterocycles. The summed E-state index contributed by atoms with van der Waals surface area (Å²) in [6.07, 6.45) is 8.95. The first-order chi connectivity index (χ1) is 15.6. The van der Waals surface area contributed by atoms with E-state index >= 15 is 0 Å². The molecule has 1 aromatic carbocycles. The summed E-state index contributed by atoms with van der Waals surface area (Å²) < 4.78 is 13.4. The van der Waals surface area contributed by atoms with Crippen molar-refractivity contribution in [1.82, 2.24) is 19.9 Å². The first-order valence-corrected chi connectivity index (χ1v) is 11.1. The maximum Gasteiger partial charge on any atom is 0.222 e. The van der Waals surface area contributed by atoms with Crippen LogP contribution in [0.1, 0.15) is 48.4 Å². The van der Waals surface area contributed by atoms with E-state index in [1.54, 1.807) is 31.6 Å². The number of aromatic nitrogens is 3. The van der Waals surface area contributed by atoms with Gasteiger partial charge in [0.05, 0.1) is 6.20 Å². The smallest absolute Gasteiger partial charge is 0.222 e. The molecule has 7 heteroatoms. The Morgan fingerprint density at radius 2 is 2.12 bits per heavy atom. The fourth-order valence-electron chi connectivity index (χ4n) is 4.15. The molecule has 1 amide bonds. The summed E-state index contributed by atoms with van der Waals surface area (Å²) in [4.78, 5) is 27.8. The average Bonchev–Trinajstić information content (AvgIpc) is 2.82. The molecule has 0 saturated carbocycles. The van der Waals surface area contributed by atoms with Crippen LogP contribution in [0.15, 0.2) is 55.0 Å². The van der Waals surface area contributed by atoms with Gasteiger partial charge in [-0.05, 0) is 61.9 Å². The van der Waals surface area contributed by atoms with Crippen LogP contribution < -0.4 is 5.32 Å². The Kier molecular flexibility index (Phi) is 7.04. The first kappa shape index (κ1) is 21.9. The van der Waals surface area contributed by atoms with Crippen LogP contribution >= 0.6 is 0 Å². The Morgan fingerprint density at radius 3 is 2.94 bits per heavy atom. The van der Waals surface area contributed by atoms with Gasteiger partial charge in [-0.2, -0.15) is 0 Å². The van der Waals surface area contributed by atoms with Gasteiger partial charge in [0.25, 0.3) is 0 Å². The van der Waals surface area contributed by atoms with Crippen LogP contribution in [0.5, 0.6) is 0 Å². The Labute approximate surface area is 187 Å². The Morgan fingerprint density at radius 1 is 1.22 bits per heavy atom. The number of piperidine rings is 1. The van der Waals surface area contributed by atoms with E-state index in [0.717, 1.165) is 49.3 Å². The number of hydrogen-bond donors (Lipinski definition) is 1. The molecule has 1 saturated heterocycles. The molecule has 4 rings (SSSR count). The van der Waals surface area contributed by atoms with Gasteiger partial charge in [0.15, 0.2) is 0 Å². The SMILES string of the molecule is Cc1cc(CCCC(=O)N2CCC[C@H](c3cccc(Nc4cnccn4)n3)C2)ccc1F. The third-order valence-corrected chi connectivity index (χ3v) is 5.86. The number of hydrogen-bond acceptors (Lipinski definition) is 5. The van der Waals surface area contributed by atoms with E-state index in [0.29, 0.717) is 24.3 Å². The van der Waals surface area contributed by atoms with Gasteiger partial charge in [0.1, 0.15) is 17.5 Å². The van der Waals surface area contributed by atoms with Gasteiger partial charge in [0, 0.05) is 43.5 Å². The monoisotopic (exact) mass is 433 g/mol. The highest BCUT2D eigenvalue weighted by Gasteiger charge is 2.25. The quantitative estimate of drug-likeness (QED) is 0.580. The van der Waals surface area contributed by atoms with E-state index in [1.165, 1.54) is 6.07 Å². The van der Waals surface area contributed by atoms with Crippen LogP contribution in [0.25, 0.3) is 0 Å². The number of carbonyl (C=O) groups excluding carboxylic acids is 1. The number of pyridine rings is 1. The summed E-state index contributed by atoms with van der Waals surface area (Å²) in [6, 6.07) is 11.1. The second-order valence-electron chi connectivity index (χ2n) is 8.28. The second kappa shape index (κ2) is 10.3. The van der Waals surface area contributed by atoms with E-state index in [2.05, 4.69) is 15.3 Å². The van der Waals surface area contributed by atoms with Crippen molar-refractivity contribution in [2.45, 2.75) is 44.9 Å². The maximum absolute atomic E-state index is 13.4. The van der Waals surface area contributed by atoms with Crippen LogP contribution in [-0.2, 0) is 11.2 Å². The van der Waals surface area contributed by atoms with Crippen LogP contribution in [-0.4, -0.2) is 38.8 Å². The van der Waals surface area contributed by atoms with Crippen molar-refractivity contribution in [3.8, 4) is 0 Å². The molecule has 1 atom stereocenters. The normalized spacial score (nSPS) is 16.1. The third kappa shape index (κ3) is 5.66. The van der Waals surface area contributed by atoms with Gasteiger partial charge >= 0.3 is 0 Å². The molecule has 6 nitrogen and oxygen atoms in total. The number of anilines is 2. The van der Waals surface area contributed by atoms with Crippen molar-refractivity contribution in [3.05, 3.63) is 77.6 Å². The van der Waals surface area contributed by atoms with E-state index in [1.807, 2.05) is 29.2 Å². The van der Waals surface area contributed by atoms with Crippen molar-refractivity contribution in [3.63, 3.8) is 0 Å². The van der Waals surface area contributed by atoms with Crippen molar-refractivity contribution in [2.24, 2.45) is 0 Å². The Hall–Kier alpha value is -3.35. The summed E-state index contributed by atoms with van der Waals surface area (Å²) >= 11 is 0. The van der Waals surface area contributed by atoms with Crippen molar-refractivity contribution in [2.75, 3.05) is 18.4 Å². The summed E-state index contributed by atoms with van der Waals surface area (Å²) in [6.45, 7) is 3.25. The van der Waals surface area contributed by atoms with E-state index in [9.17, 15) is 9.18 Å². The van der Waals surface area contributed by atoms with Gasteiger partial charge in [-0.15, -0.1) is 0 Å². The van der Waals surface area contributed by atoms with E-state index in [-0.39, 0.29) is 17.6 Å². The molecule has 1 fully saturated rings. The fourth-order valence-corrected chi connectivity index (χ4v) is 4.15. The Bertz CT molecular complexity index is 1060. The van der Waals surface area contributed by atoms with E-state index in [4.69, 9.17) is 4.98 Å². The zero-order valence-corrected chi connectivity index (χ0v) is 18.3. The summed E-state index contributed by atoms with van der Waals surface area (Å²) in [5.41, 5.74) is 2.71. The highest BCUT2D eigenvalue weighted by atomic mass is 19.1. The average molecular weight is 434 g/mol. The number of carbonyl (C=O) groups is 1. The minimum Gasteiger partial charge on any atom is -0.342 e. The first-order valence-electron chi connectivity index (χ1n) is 11.1. The molecule has 0 spiro atoms. The second-order valence-corrected chi connectivity index (χ2v) is 8.28. The molecule has 2 aromatic heterocycles. The highest BCUT2D eigenvalue weighted by molar-refractivity contribution is 5.76. The fraction of sp³-hybridized carbons (Fsp3) is 0.360. The Balaban J connectivity index is 1.32. The molecule has 32 heavy (non-hydrogen) atoms. The largest absolute Gasteiger partial charge is 0.342 e. The lowest BCUT2D eigenvalue weighted by Crippen LogP contribution is -2.39. The number of nitrogens with one attached hydrogen (secondary N) is 1. The molecule has 3 aromatic rings. The number of amides is 1. The molecule has 1 N–H and O–H groups in total. The standard InChI is InChI=1S/C25H28FN5O/c1-18-15-19(10-11-21(18)26)5-2-9-25(32)31-14-4-6-20(17-31)22-7-3-8-23(29-22)30-24-16-27-12-13-28-24/h3,7-8,10-13,15-16,20H,2,4-6,9,14,17H2,1H3,(H,28,29,30)/t20-/m0/s1. The molecule has 3 heterocycles. The molecule has 0 unspecified atom stereocenters. The number of likely N-dealkylation sites (tertiary alicyclic amines) is 1. The maximum atomic E-state index is 13.4. The molecule has 1 aliphatic rings. The lowest BCUT2D eigenvalue weighted by molar-refractivity contribution is -0.132. The van der Waals surface area contributed by atoms with Crippen LogP contribution in [0, 0.1) is 12.7 Å². The lowest BCUT2D eigenvalue weighted by Gasteiger charge is -2.32. The van der Waals surface area contributed by atoms with Gasteiger partial charge in [-0.25, -0.2) is 14.4 Å². The van der Waals surface area contributed by atoms with Crippen molar-refractivity contribution < 1.29 is 9.18 Å². The predicted molar refractivity (Wildman–Crippen MR) is 122 cm³/mol. The van der Waals surface area contributed by atoms with Gasteiger partial charge in [0.2, 0.25) is 5.91 Å². The highest BCUT2D eigenvalue weighted by Crippen LogP contribution is 2.27. The van der Waals surface area contributed by atoms with Crippen LogP contribution in [0.4, 0.5) is 16.0 Å². The van der Waals surface area contributed by atoms with Gasteiger partial charge in [-0.3, -0.25) is 9.78 Å². The predicted octanol–water partition coefficient (Wildman–Crippen LogP) is 4.79. The lowest BCUT2D eigenvalue weighted by atomic mass is 9.94. The van der Waals surface area contributed by atoms with Crippen LogP contribution in [0.3, 0.4) is 0 Å². The topological polar surface area (TPSA) is 71.0 Å². The summed E-state index contributed by atoms with van der Waals surface area (Å²) in [7, 11) is 0. The third-order valence-electron chi connectivity index (χ3n) is 5.86. The van der Waals surface area contributed by atoms with Gasteiger partial charge < -0.3 is 10.2 Å². The zero-order valence-electron chi connectivity index (χ0n) is 18.3. The number of nitrogens with zero attached hydrogens (tertiary/aromatic N) is 4. The molecule has 0 bridgehead atoms. The summed E-state index contributed by atoms with van der Waals surface area (Å²) in [5, 5.41) is 3.18. The molecular weight excluding hydrogens is 405 g/mol. The van der Waals surface area contributed by atoms with Crippen molar-refractivity contribution >= 4 is 17.5 Å². The minimum atomic E-state index is -0.186. The molecule has 0 radical (unpaired) electrons. The number of benzene rings is 1. The minimum absolute atomic E-state index is 0.183. The number of aryl methyl sites for hydroxylation is 2. The molecule has 166 valence electrons. The van der Waals surface area contributed by atoms with Gasteiger partial charge in [-0.1, -0.05) is 18.2 Å². The summed E-state index contributed by atoms with van der Waals surface area (Å²) in [5.74, 6) is 1.59. The molecule has 0 aliphatic carbocycles. The van der Waals surface area contributed by atoms with Crippen LogP contribution in [0.2, 0.25) is 0 Å².